The van der Waals surface area contributed by atoms with Gasteiger partial charge in [0, 0.05) is 20.8 Å². The van der Waals surface area contributed by atoms with E-state index < -0.39 is 42.4 Å². The summed E-state index contributed by atoms with van der Waals surface area (Å²) in [5.74, 6) is -1.94. The van der Waals surface area contributed by atoms with Gasteiger partial charge in [-0.05, 0) is 11.6 Å². The first kappa shape index (κ1) is 21.2. The number of carbonyl (C=O) groups is 3. The second-order valence-electron chi connectivity index (χ2n) is 6.13. The van der Waals surface area contributed by atoms with E-state index in [1.807, 2.05) is 0 Å². The average Bonchev–Trinajstić information content (AvgIpc) is 3.00. The van der Waals surface area contributed by atoms with Gasteiger partial charge < -0.3 is 18.9 Å². The molecule has 3 heterocycles. The van der Waals surface area contributed by atoms with Crippen LogP contribution in [0.3, 0.4) is 0 Å². The number of fused-ring (bicyclic) bond motifs is 1. The lowest BCUT2D eigenvalue weighted by Gasteiger charge is -2.40. The van der Waals surface area contributed by atoms with Crippen molar-refractivity contribution in [1.29, 1.82) is 0 Å². The summed E-state index contributed by atoms with van der Waals surface area (Å²) in [4.78, 5) is 46.9. The fourth-order valence-electron chi connectivity index (χ4n) is 3.00. The van der Waals surface area contributed by atoms with Gasteiger partial charge in [0.15, 0.2) is 35.3 Å². The standard InChI is InChI=1S/C16H16Cl2N4O7/c1-6(23)27-9-4-26-15(12(29-8(3)25)11(9)28-7(2)24)22-5-19-10-13(17)20-16(18)21-14(10)22/h5,9,11-12,15H,4H2,1-3H3/t9-,11+,12+,15-/m0/s1. The number of hydrogen-bond acceptors (Lipinski definition) is 10. The quantitative estimate of drug-likeness (QED) is 0.294. The molecule has 1 saturated heterocycles. The lowest BCUT2D eigenvalue weighted by Crippen LogP contribution is -2.55. The molecule has 0 unspecified atom stereocenters. The zero-order valence-electron chi connectivity index (χ0n) is 15.5. The highest BCUT2D eigenvalue weighted by Gasteiger charge is 2.48. The van der Waals surface area contributed by atoms with Crippen LogP contribution in [0.1, 0.15) is 27.0 Å². The molecule has 0 saturated carbocycles. The van der Waals surface area contributed by atoms with Gasteiger partial charge in [0.25, 0.3) is 0 Å². The Bertz CT molecular complexity index is 966. The van der Waals surface area contributed by atoms with Crippen molar-refractivity contribution < 1.29 is 33.3 Å². The predicted molar refractivity (Wildman–Crippen MR) is 97.0 cm³/mol. The first-order valence-electron chi connectivity index (χ1n) is 8.36. The van der Waals surface area contributed by atoms with E-state index >= 15 is 0 Å². The maximum atomic E-state index is 11.7. The highest BCUT2D eigenvalue weighted by Crippen LogP contribution is 2.33. The van der Waals surface area contributed by atoms with E-state index in [0.717, 1.165) is 0 Å². The molecule has 156 valence electrons. The lowest BCUT2D eigenvalue weighted by atomic mass is 10.0. The average molecular weight is 447 g/mol. The maximum Gasteiger partial charge on any atom is 0.303 e. The molecule has 0 amide bonds. The third-order valence-corrected chi connectivity index (χ3v) is 4.38. The molecule has 29 heavy (non-hydrogen) atoms. The van der Waals surface area contributed by atoms with Crippen molar-refractivity contribution in [3.63, 3.8) is 0 Å². The van der Waals surface area contributed by atoms with Crippen molar-refractivity contribution in [3.05, 3.63) is 16.8 Å². The Kier molecular flexibility index (Phi) is 6.20. The number of imidazole rings is 1. The van der Waals surface area contributed by atoms with Gasteiger partial charge in [-0.3, -0.25) is 19.0 Å². The van der Waals surface area contributed by atoms with Gasteiger partial charge >= 0.3 is 17.9 Å². The van der Waals surface area contributed by atoms with E-state index in [1.54, 1.807) is 0 Å². The van der Waals surface area contributed by atoms with Gasteiger partial charge in [0.2, 0.25) is 5.28 Å². The Labute approximate surface area is 174 Å². The van der Waals surface area contributed by atoms with Crippen LogP contribution in [0.2, 0.25) is 10.4 Å². The van der Waals surface area contributed by atoms with E-state index in [9.17, 15) is 14.4 Å². The number of rotatable bonds is 4. The monoisotopic (exact) mass is 446 g/mol. The molecule has 0 N–H and O–H groups in total. The molecule has 4 atom stereocenters. The van der Waals surface area contributed by atoms with Crippen molar-refractivity contribution in [1.82, 2.24) is 19.5 Å². The van der Waals surface area contributed by atoms with Crippen molar-refractivity contribution in [3.8, 4) is 0 Å². The summed E-state index contributed by atoms with van der Waals surface area (Å²) in [6.45, 7) is 3.41. The zero-order chi connectivity index (χ0) is 21.3. The Hall–Kier alpha value is -2.50. The largest absolute Gasteiger partial charge is 0.456 e. The number of halogens is 2. The van der Waals surface area contributed by atoms with Crippen LogP contribution in [0.4, 0.5) is 0 Å². The first-order valence-corrected chi connectivity index (χ1v) is 9.11. The molecular weight excluding hydrogens is 431 g/mol. The molecule has 0 radical (unpaired) electrons. The van der Waals surface area contributed by atoms with Crippen molar-refractivity contribution in [2.45, 2.75) is 45.3 Å². The molecule has 3 rings (SSSR count). The third-order valence-electron chi connectivity index (χ3n) is 3.95. The van der Waals surface area contributed by atoms with E-state index in [1.165, 1.54) is 31.7 Å². The molecule has 11 nitrogen and oxygen atoms in total. The van der Waals surface area contributed by atoms with Crippen LogP contribution in [0, 0.1) is 0 Å². The van der Waals surface area contributed by atoms with Crippen LogP contribution in [0.25, 0.3) is 11.2 Å². The highest BCUT2D eigenvalue weighted by molar-refractivity contribution is 6.35. The number of nitrogens with zero attached hydrogens (tertiary/aromatic N) is 4. The fraction of sp³-hybridized carbons (Fsp3) is 0.500. The minimum Gasteiger partial charge on any atom is -0.456 e. The third kappa shape index (κ3) is 4.57. The molecule has 1 aliphatic heterocycles. The van der Waals surface area contributed by atoms with Crippen LogP contribution in [-0.4, -0.2) is 62.3 Å². The van der Waals surface area contributed by atoms with Crippen LogP contribution >= 0.6 is 23.2 Å². The molecular formula is C16H16Cl2N4O7. The fourth-order valence-corrected chi connectivity index (χ4v) is 3.43. The van der Waals surface area contributed by atoms with Crippen LogP contribution in [0.15, 0.2) is 6.33 Å². The molecule has 0 aromatic carbocycles. The molecule has 1 aliphatic rings. The van der Waals surface area contributed by atoms with Crippen LogP contribution in [0.5, 0.6) is 0 Å². The second-order valence-corrected chi connectivity index (χ2v) is 6.82. The van der Waals surface area contributed by atoms with Crippen molar-refractivity contribution >= 4 is 52.3 Å². The molecule has 1 fully saturated rings. The summed E-state index contributed by atoms with van der Waals surface area (Å²) in [6.07, 6.45) is -2.99. The zero-order valence-corrected chi connectivity index (χ0v) is 17.0. The molecule has 0 aliphatic carbocycles. The Morgan fingerprint density at radius 1 is 1.03 bits per heavy atom. The Morgan fingerprint density at radius 2 is 1.66 bits per heavy atom. The summed E-state index contributed by atoms with van der Waals surface area (Å²) in [7, 11) is 0. The number of esters is 3. The molecule has 13 heteroatoms. The van der Waals surface area contributed by atoms with Gasteiger partial charge in [-0.1, -0.05) is 11.6 Å². The molecule has 0 spiro atoms. The van der Waals surface area contributed by atoms with E-state index in [0.29, 0.717) is 0 Å². The van der Waals surface area contributed by atoms with Crippen LogP contribution < -0.4 is 0 Å². The van der Waals surface area contributed by atoms with Gasteiger partial charge in [-0.25, -0.2) is 9.97 Å². The number of hydrogen-bond donors (Lipinski definition) is 0. The smallest absolute Gasteiger partial charge is 0.303 e. The SMILES string of the molecule is CC(=O)O[C@@H]1[C@H](OC(C)=O)[C@@H](OC(C)=O)CO[C@@H]1n1cnc2c(Cl)nc(Cl)nc21. The van der Waals surface area contributed by atoms with E-state index in [2.05, 4.69) is 15.0 Å². The number of ether oxygens (including phenoxy) is 4. The molecule has 0 bridgehead atoms. The van der Waals surface area contributed by atoms with E-state index in [4.69, 9.17) is 42.1 Å². The summed E-state index contributed by atoms with van der Waals surface area (Å²) in [5.41, 5.74) is 0.456. The number of carbonyl (C=O) groups excluding carboxylic acids is 3. The number of aromatic nitrogens is 4. The first-order chi connectivity index (χ1) is 13.7. The van der Waals surface area contributed by atoms with Crippen molar-refractivity contribution in [2.75, 3.05) is 6.61 Å². The normalized spacial score (nSPS) is 24.2. The highest BCUT2D eigenvalue weighted by atomic mass is 35.5. The van der Waals surface area contributed by atoms with Gasteiger partial charge in [-0.15, -0.1) is 0 Å². The van der Waals surface area contributed by atoms with Gasteiger partial charge in [0.05, 0.1) is 12.9 Å². The maximum absolute atomic E-state index is 11.7. The van der Waals surface area contributed by atoms with Gasteiger partial charge in [-0.2, -0.15) is 4.98 Å². The topological polar surface area (TPSA) is 132 Å². The van der Waals surface area contributed by atoms with Crippen LogP contribution in [-0.2, 0) is 33.3 Å². The molecule has 2 aromatic rings. The predicted octanol–water partition coefficient (Wildman–Crippen LogP) is 1.46. The summed E-state index contributed by atoms with van der Waals surface area (Å²) in [5, 5.41) is -0.105. The van der Waals surface area contributed by atoms with Crippen molar-refractivity contribution in [2.24, 2.45) is 0 Å². The second kappa shape index (κ2) is 8.47. The van der Waals surface area contributed by atoms with E-state index in [-0.39, 0.29) is 28.2 Å². The summed E-state index contributed by atoms with van der Waals surface area (Å²) in [6, 6.07) is 0. The summed E-state index contributed by atoms with van der Waals surface area (Å²) < 4.78 is 23.1. The minimum atomic E-state index is -1.18. The van der Waals surface area contributed by atoms with Gasteiger partial charge in [0.1, 0.15) is 5.52 Å². The molecule has 2 aromatic heterocycles. The Morgan fingerprint density at radius 3 is 2.28 bits per heavy atom. The summed E-state index contributed by atoms with van der Waals surface area (Å²) >= 11 is 11.9. The lowest BCUT2D eigenvalue weighted by molar-refractivity contribution is -0.239. The minimum absolute atomic E-state index is 0.0212. The Balaban J connectivity index is 2.06.